The lowest BCUT2D eigenvalue weighted by atomic mass is 9.59. The van der Waals surface area contributed by atoms with E-state index in [0.29, 0.717) is 48.7 Å². The summed E-state index contributed by atoms with van der Waals surface area (Å²) < 4.78 is 41.0. The standard InChI is InChI=1S/C45H52N8O7S/c1-2-31-6-3-4-7-36(31)39-8-5-17-52(39)34-25-45(26-34)14-18-51(19-15-45)33-9-10-37(41(23-33)60-35-22-32-11-16-46-43(32)49-28-35)44(54)50-61(57,58)42-24-40(53(55)56)38(29-48-42)47-27-30-12-20-59-21-13-30/h3-4,6-7,9-11,16,22-24,28-30,34,39,47H,2,5,8,12-15,17-21,25-27H2,1H3,(H,46,49)(H,50,54)/t39-/m1/s1. The second-order valence-electron chi connectivity index (χ2n) is 17.0. The van der Waals surface area contributed by atoms with Crippen LogP contribution in [0.5, 0.6) is 11.5 Å². The molecule has 4 aliphatic rings. The summed E-state index contributed by atoms with van der Waals surface area (Å²) in [5, 5.41) is 15.2. The average Bonchev–Trinajstić information content (AvgIpc) is 3.95. The fourth-order valence-electron chi connectivity index (χ4n) is 9.94. The zero-order chi connectivity index (χ0) is 42.1. The van der Waals surface area contributed by atoms with Crippen molar-refractivity contribution in [3.05, 3.63) is 106 Å². The first-order valence-electron chi connectivity index (χ1n) is 21.4. The molecule has 1 saturated carbocycles. The Balaban J connectivity index is 0.905. The number of likely N-dealkylation sites (tertiary alicyclic amines) is 1. The van der Waals surface area contributed by atoms with Gasteiger partial charge in [0.1, 0.15) is 22.8 Å². The maximum absolute atomic E-state index is 13.9. The third kappa shape index (κ3) is 8.53. The molecule has 3 N–H and O–H groups in total. The number of amides is 1. The van der Waals surface area contributed by atoms with E-state index in [2.05, 4.69) is 66.0 Å². The first-order valence-corrected chi connectivity index (χ1v) is 22.9. The van der Waals surface area contributed by atoms with Gasteiger partial charge < -0.3 is 24.7 Å². The van der Waals surface area contributed by atoms with Gasteiger partial charge in [0.15, 0.2) is 5.03 Å². The van der Waals surface area contributed by atoms with Crippen molar-refractivity contribution in [2.75, 3.05) is 49.6 Å². The number of nitro groups is 1. The van der Waals surface area contributed by atoms with Crippen molar-refractivity contribution in [1.29, 1.82) is 0 Å². The molecular formula is C45H52N8O7S. The molecule has 1 aliphatic carbocycles. The van der Waals surface area contributed by atoms with Crippen molar-refractivity contribution in [1.82, 2.24) is 24.6 Å². The molecule has 6 heterocycles. The van der Waals surface area contributed by atoms with Gasteiger partial charge in [-0.25, -0.2) is 14.7 Å². The predicted molar refractivity (Wildman–Crippen MR) is 232 cm³/mol. The van der Waals surface area contributed by atoms with Crippen LogP contribution in [0.25, 0.3) is 11.0 Å². The lowest BCUT2D eigenvalue weighted by Crippen LogP contribution is -2.54. The van der Waals surface area contributed by atoms with E-state index in [1.54, 1.807) is 24.4 Å². The Labute approximate surface area is 355 Å². The van der Waals surface area contributed by atoms with E-state index in [4.69, 9.17) is 9.47 Å². The van der Waals surface area contributed by atoms with Crippen molar-refractivity contribution >= 4 is 44.0 Å². The first kappa shape index (κ1) is 40.8. The quantitative estimate of drug-likeness (QED) is 0.0774. The van der Waals surface area contributed by atoms with Gasteiger partial charge in [0.25, 0.3) is 21.6 Å². The summed E-state index contributed by atoms with van der Waals surface area (Å²) in [7, 11) is -4.65. The highest BCUT2D eigenvalue weighted by molar-refractivity contribution is 7.90. The summed E-state index contributed by atoms with van der Waals surface area (Å²) in [6.07, 6.45) is 14.1. The monoisotopic (exact) mass is 848 g/mol. The van der Waals surface area contributed by atoms with Gasteiger partial charge in [0, 0.05) is 68.3 Å². The second kappa shape index (κ2) is 17.1. The average molecular weight is 849 g/mol. The number of aryl methyl sites for hydroxylation is 1. The van der Waals surface area contributed by atoms with Crippen LogP contribution < -0.4 is 19.7 Å². The number of sulfonamides is 1. The minimum absolute atomic E-state index is 0.0362. The molecule has 3 aromatic heterocycles. The Morgan fingerprint density at radius 3 is 2.61 bits per heavy atom. The van der Waals surface area contributed by atoms with Gasteiger partial charge >= 0.3 is 0 Å². The summed E-state index contributed by atoms with van der Waals surface area (Å²) in [5.74, 6) is -0.209. The van der Waals surface area contributed by atoms with E-state index in [0.717, 1.165) is 75.1 Å². The van der Waals surface area contributed by atoms with E-state index >= 15 is 0 Å². The van der Waals surface area contributed by atoms with Crippen molar-refractivity contribution in [3.63, 3.8) is 0 Å². The lowest BCUT2D eigenvalue weighted by molar-refractivity contribution is -0.384. The van der Waals surface area contributed by atoms with Crippen LogP contribution in [-0.2, 0) is 21.2 Å². The van der Waals surface area contributed by atoms with Crippen LogP contribution in [0.3, 0.4) is 0 Å². The Bertz CT molecular complexity index is 2530. The van der Waals surface area contributed by atoms with Gasteiger partial charge in [-0.05, 0) is 111 Å². The molecular weight excluding hydrogens is 797 g/mol. The molecule has 1 spiro atoms. The molecule has 4 fully saturated rings. The number of fused-ring (bicyclic) bond motifs is 1. The molecule has 3 saturated heterocycles. The lowest BCUT2D eigenvalue weighted by Gasteiger charge is -2.56. The molecule has 0 radical (unpaired) electrons. The molecule has 0 bridgehead atoms. The number of aromatic nitrogens is 3. The number of anilines is 2. The Hall–Kier alpha value is -5.58. The van der Waals surface area contributed by atoms with Gasteiger partial charge in [-0.2, -0.15) is 8.42 Å². The predicted octanol–water partition coefficient (Wildman–Crippen LogP) is 7.76. The number of ether oxygens (including phenoxy) is 2. The third-order valence-corrected chi connectivity index (χ3v) is 14.6. The van der Waals surface area contributed by atoms with E-state index in [1.807, 2.05) is 12.1 Å². The topological polar surface area (TPSA) is 185 Å². The Morgan fingerprint density at radius 1 is 1.02 bits per heavy atom. The number of H-pyrrole nitrogens is 1. The number of carbonyl (C=O) groups excluding carboxylic acids is 1. The Kier molecular flexibility index (Phi) is 11.4. The molecule has 3 aliphatic heterocycles. The highest BCUT2D eigenvalue weighted by Gasteiger charge is 2.50. The maximum Gasteiger partial charge on any atom is 0.296 e. The summed E-state index contributed by atoms with van der Waals surface area (Å²) in [6, 6.07) is 19.7. The third-order valence-electron chi connectivity index (χ3n) is 13.4. The van der Waals surface area contributed by atoms with Crippen LogP contribution in [0.2, 0.25) is 0 Å². The molecule has 5 aromatic rings. The molecule has 1 amide bonds. The fraction of sp³-hybridized carbons (Fsp3) is 0.444. The maximum atomic E-state index is 13.9. The number of aromatic amines is 1. The molecule has 320 valence electrons. The largest absolute Gasteiger partial charge is 0.455 e. The zero-order valence-corrected chi connectivity index (χ0v) is 35.2. The van der Waals surface area contributed by atoms with Gasteiger partial charge in [0.05, 0.1) is 28.9 Å². The van der Waals surface area contributed by atoms with Gasteiger partial charge in [0.2, 0.25) is 0 Å². The number of nitrogens with zero attached hydrogens (tertiary/aromatic N) is 5. The van der Waals surface area contributed by atoms with Crippen LogP contribution in [0.1, 0.15) is 85.8 Å². The zero-order valence-electron chi connectivity index (χ0n) is 34.3. The van der Waals surface area contributed by atoms with E-state index < -0.39 is 31.6 Å². The van der Waals surface area contributed by atoms with Crippen molar-refractivity contribution in [2.24, 2.45) is 11.3 Å². The smallest absolute Gasteiger partial charge is 0.296 e. The van der Waals surface area contributed by atoms with Crippen molar-refractivity contribution < 1.29 is 27.6 Å². The molecule has 2 aromatic carbocycles. The first-order chi connectivity index (χ1) is 29.6. The van der Waals surface area contributed by atoms with E-state index in [-0.39, 0.29) is 22.9 Å². The number of carbonyl (C=O) groups is 1. The van der Waals surface area contributed by atoms with Crippen LogP contribution in [0, 0.1) is 21.4 Å². The number of hydrogen-bond acceptors (Lipinski definition) is 12. The van der Waals surface area contributed by atoms with Gasteiger partial charge in [-0.1, -0.05) is 31.2 Å². The SMILES string of the molecule is CCc1ccccc1[C@H]1CCCN1C1CC2(CCN(c3ccc(C(=O)NS(=O)(=O)c4cc([N+](=O)[O-])c(NCC5CCOCC5)cn4)c(Oc4cnc5[nH]ccc5c4)c3)CC2)C1. The molecule has 15 nitrogen and oxygen atoms in total. The molecule has 16 heteroatoms. The van der Waals surface area contributed by atoms with Crippen molar-refractivity contribution in [2.45, 2.75) is 81.8 Å². The fourth-order valence-corrected chi connectivity index (χ4v) is 10.9. The Morgan fingerprint density at radius 2 is 1.82 bits per heavy atom. The summed E-state index contributed by atoms with van der Waals surface area (Å²) in [4.78, 5) is 41.9. The van der Waals surface area contributed by atoms with Crippen LogP contribution >= 0.6 is 0 Å². The summed E-state index contributed by atoms with van der Waals surface area (Å²) in [5.41, 5.74) is 4.39. The second-order valence-corrected chi connectivity index (χ2v) is 18.7. The van der Waals surface area contributed by atoms with E-state index in [9.17, 15) is 23.3 Å². The number of hydrogen-bond donors (Lipinski definition) is 3. The summed E-state index contributed by atoms with van der Waals surface area (Å²) in [6.45, 7) is 6.77. The minimum atomic E-state index is -4.65. The molecule has 0 unspecified atom stereocenters. The normalized spacial score (nSPS) is 19.8. The molecule has 9 rings (SSSR count). The number of pyridine rings is 2. The molecule has 1 atom stereocenters. The van der Waals surface area contributed by atoms with Crippen LogP contribution in [-0.4, -0.2) is 84.5 Å². The minimum Gasteiger partial charge on any atom is -0.455 e. The van der Waals surface area contributed by atoms with Crippen LogP contribution in [0.4, 0.5) is 17.1 Å². The highest BCUT2D eigenvalue weighted by atomic mass is 32.2. The van der Waals surface area contributed by atoms with E-state index in [1.165, 1.54) is 43.0 Å². The highest BCUT2D eigenvalue weighted by Crippen LogP contribution is 2.54. The summed E-state index contributed by atoms with van der Waals surface area (Å²) >= 11 is 0. The number of rotatable bonds is 13. The van der Waals surface area contributed by atoms with Crippen LogP contribution in [0.15, 0.2) is 84.3 Å². The number of piperidine rings is 1. The van der Waals surface area contributed by atoms with Crippen molar-refractivity contribution in [3.8, 4) is 11.5 Å². The number of benzene rings is 2. The van der Waals surface area contributed by atoms with Gasteiger partial charge in [-0.15, -0.1) is 0 Å². The number of nitrogens with one attached hydrogen (secondary N) is 3. The molecule has 61 heavy (non-hydrogen) atoms. The van der Waals surface area contributed by atoms with Gasteiger partial charge in [-0.3, -0.25) is 19.8 Å².